The summed E-state index contributed by atoms with van der Waals surface area (Å²) in [5.41, 5.74) is 1.33. The third-order valence-electron chi connectivity index (χ3n) is 1.76. The molecule has 0 aliphatic carbocycles. The Morgan fingerprint density at radius 1 is 1.29 bits per heavy atom. The zero-order valence-corrected chi connectivity index (χ0v) is 10.4. The van der Waals surface area contributed by atoms with Crippen molar-refractivity contribution in [2.45, 2.75) is 10.9 Å². The Balaban J connectivity index is 1.95. The van der Waals surface area contributed by atoms with Crippen LogP contribution in [0.25, 0.3) is 0 Å². The van der Waals surface area contributed by atoms with Crippen molar-refractivity contribution < 1.29 is 0 Å². The Hall–Kier alpha value is -0.490. The summed E-state index contributed by atoms with van der Waals surface area (Å²) in [6.45, 7) is 0. The van der Waals surface area contributed by atoms with Crippen LogP contribution in [-0.4, -0.2) is 9.97 Å². The molecule has 0 radical (unpaired) electrons. The van der Waals surface area contributed by atoms with E-state index in [1.54, 1.807) is 18.0 Å². The van der Waals surface area contributed by atoms with E-state index < -0.39 is 0 Å². The van der Waals surface area contributed by atoms with Gasteiger partial charge in [0.05, 0.1) is 0 Å². The second-order valence-corrected chi connectivity index (χ2v) is 5.02. The van der Waals surface area contributed by atoms with Crippen molar-refractivity contribution in [2.75, 3.05) is 0 Å². The number of benzene rings is 1. The molecular formula is C10H9IN2S. The summed E-state index contributed by atoms with van der Waals surface area (Å²) in [6.07, 6.45) is 3.62. The molecule has 0 atom stereocenters. The van der Waals surface area contributed by atoms with Crippen LogP contribution in [0.5, 0.6) is 0 Å². The van der Waals surface area contributed by atoms with Crippen molar-refractivity contribution in [3.8, 4) is 0 Å². The van der Waals surface area contributed by atoms with Gasteiger partial charge in [0.25, 0.3) is 0 Å². The van der Waals surface area contributed by atoms with E-state index in [0.29, 0.717) is 0 Å². The number of rotatable bonds is 3. The number of aromatic amines is 1. The number of thioether (sulfide) groups is 1. The number of nitrogens with one attached hydrogen (secondary N) is 1. The van der Waals surface area contributed by atoms with Gasteiger partial charge in [-0.1, -0.05) is 23.9 Å². The molecule has 1 aromatic heterocycles. The lowest BCUT2D eigenvalue weighted by Gasteiger charge is -1.98. The Kier molecular flexibility index (Phi) is 3.47. The van der Waals surface area contributed by atoms with Crippen molar-refractivity contribution >= 4 is 34.4 Å². The molecule has 1 aromatic carbocycles. The minimum absolute atomic E-state index is 0.963. The number of imidazole rings is 1. The average Bonchev–Trinajstić information content (AvgIpc) is 2.70. The highest BCUT2D eigenvalue weighted by atomic mass is 127. The van der Waals surface area contributed by atoms with Crippen molar-refractivity contribution in [1.82, 2.24) is 9.97 Å². The smallest absolute Gasteiger partial charge is 0.165 e. The maximum Gasteiger partial charge on any atom is 0.165 e. The molecule has 2 rings (SSSR count). The topological polar surface area (TPSA) is 28.7 Å². The van der Waals surface area contributed by atoms with Crippen LogP contribution in [0, 0.1) is 3.57 Å². The van der Waals surface area contributed by atoms with Gasteiger partial charge >= 0.3 is 0 Å². The molecule has 0 spiro atoms. The van der Waals surface area contributed by atoms with E-state index in [1.807, 2.05) is 6.20 Å². The summed E-state index contributed by atoms with van der Waals surface area (Å²) < 4.78 is 1.27. The van der Waals surface area contributed by atoms with Crippen LogP contribution < -0.4 is 0 Å². The summed E-state index contributed by atoms with van der Waals surface area (Å²) in [5.74, 6) is 0.963. The molecule has 2 aromatic rings. The first kappa shape index (κ1) is 10.0. The Labute approximate surface area is 101 Å². The number of hydrogen-bond donors (Lipinski definition) is 1. The molecule has 4 heteroatoms. The second kappa shape index (κ2) is 4.84. The van der Waals surface area contributed by atoms with Crippen molar-refractivity contribution in [3.05, 3.63) is 45.8 Å². The zero-order valence-electron chi connectivity index (χ0n) is 7.40. The predicted molar refractivity (Wildman–Crippen MR) is 67.3 cm³/mol. The molecule has 14 heavy (non-hydrogen) atoms. The van der Waals surface area contributed by atoms with E-state index in [-0.39, 0.29) is 0 Å². The van der Waals surface area contributed by atoms with Gasteiger partial charge < -0.3 is 4.98 Å². The van der Waals surface area contributed by atoms with Gasteiger partial charge in [-0.05, 0) is 40.3 Å². The second-order valence-electron chi connectivity index (χ2n) is 2.81. The molecule has 2 nitrogen and oxygen atoms in total. The molecule has 1 N–H and O–H groups in total. The van der Waals surface area contributed by atoms with Gasteiger partial charge in [-0.25, -0.2) is 4.98 Å². The van der Waals surface area contributed by atoms with E-state index in [1.165, 1.54) is 9.13 Å². The van der Waals surface area contributed by atoms with Gasteiger partial charge in [0.2, 0.25) is 0 Å². The third-order valence-corrected chi connectivity index (χ3v) is 3.46. The summed E-state index contributed by atoms with van der Waals surface area (Å²) in [6, 6.07) is 8.55. The fraction of sp³-hybridized carbons (Fsp3) is 0.100. The van der Waals surface area contributed by atoms with Crippen molar-refractivity contribution in [3.63, 3.8) is 0 Å². The van der Waals surface area contributed by atoms with Crippen LogP contribution in [-0.2, 0) is 5.75 Å². The van der Waals surface area contributed by atoms with E-state index in [4.69, 9.17) is 0 Å². The quantitative estimate of drug-likeness (QED) is 0.695. The number of H-pyrrole nitrogens is 1. The number of halogens is 1. The van der Waals surface area contributed by atoms with E-state index >= 15 is 0 Å². The molecule has 0 amide bonds. The zero-order chi connectivity index (χ0) is 9.80. The number of nitrogens with zero attached hydrogens (tertiary/aromatic N) is 1. The van der Waals surface area contributed by atoms with Crippen LogP contribution in [0.1, 0.15) is 5.56 Å². The molecule has 1 heterocycles. The molecule has 0 aliphatic heterocycles. The van der Waals surface area contributed by atoms with Gasteiger partial charge in [-0.3, -0.25) is 0 Å². The highest BCUT2D eigenvalue weighted by Gasteiger charge is 1.97. The van der Waals surface area contributed by atoms with E-state index in [0.717, 1.165) is 10.9 Å². The first-order chi connectivity index (χ1) is 6.84. The molecule has 0 fully saturated rings. The fourth-order valence-corrected chi connectivity index (χ4v) is 2.20. The summed E-state index contributed by atoms with van der Waals surface area (Å²) in [4.78, 5) is 7.22. The van der Waals surface area contributed by atoms with Crippen LogP contribution in [0.2, 0.25) is 0 Å². The Morgan fingerprint density at radius 3 is 2.71 bits per heavy atom. The van der Waals surface area contributed by atoms with Crippen LogP contribution >= 0.6 is 34.4 Å². The summed E-state index contributed by atoms with van der Waals surface area (Å²) in [7, 11) is 0. The van der Waals surface area contributed by atoms with Crippen molar-refractivity contribution in [2.24, 2.45) is 0 Å². The lowest BCUT2D eigenvalue weighted by atomic mass is 10.2. The molecule has 0 saturated carbocycles. The van der Waals surface area contributed by atoms with Gasteiger partial charge in [-0.15, -0.1) is 0 Å². The highest BCUT2D eigenvalue weighted by molar-refractivity contribution is 14.1. The minimum atomic E-state index is 0.963. The van der Waals surface area contributed by atoms with Crippen LogP contribution in [0.4, 0.5) is 0 Å². The molecule has 0 saturated heterocycles. The summed E-state index contributed by atoms with van der Waals surface area (Å²) >= 11 is 4.03. The monoisotopic (exact) mass is 316 g/mol. The van der Waals surface area contributed by atoms with Crippen LogP contribution in [0.15, 0.2) is 41.8 Å². The Bertz CT molecular complexity index is 383. The minimum Gasteiger partial charge on any atom is -0.340 e. The van der Waals surface area contributed by atoms with Gasteiger partial charge in [0.15, 0.2) is 5.16 Å². The SMILES string of the molecule is Ic1ccc(CSc2ncc[nH]2)cc1. The molecule has 72 valence electrons. The predicted octanol–water partition coefficient (Wildman–Crippen LogP) is 3.31. The standard InChI is InChI=1S/C10H9IN2S/c11-9-3-1-8(2-4-9)7-14-10-12-5-6-13-10/h1-6H,7H2,(H,12,13). The first-order valence-corrected chi connectivity index (χ1v) is 6.27. The first-order valence-electron chi connectivity index (χ1n) is 4.21. The molecular weight excluding hydrogens is 307 g/mol. The fourth-order valence-electron chi connectivity index (χ4n) is 1.06. The number of hydrogen-bond acceptors (Lipinski definition) is 2. The lowest BCUT2D eigenvalue weighted by Crippen LogP contribution is -1.81. The molecule has 0 aliphatic rings. The highest BCUT2D eigenvalue weighted by Crippen LogP contribution is 2.19. The van der Waals surface area contributed by atoms with Crippen molar-refractivity contribution in [1.29, 1.82) is 0 Å². The lowest BCUT2D eigenvalue weighted by molar-refractivity contribution is 1.06. The number of aromatic nitrogens is 2. The largest absolute Gasteiger partial charge is 0.340 e. The van der Waals surface area contributed by atoms with Gasteiger partial charge in [-0.2, -0.15) is 0 Å². The maximum atomic E-state index is 4.15. The normalized spacial score (nSPS) is 10.4. The van der Waals surface area contributed by atoms with Gasteiger partial charge in [0.1, 0.15) is 0 Å². The van der Waals surface area contributed by atoms with Gasteiger partial charge in [0, 0.05) is 21.7 Å². The average molecular weight is 316 g/mol. The van der Waals surface area contributed by atoms with E-state index in [9.17, 15) is 0 Å². The molecule has 0 bridgehead atoms. The van der Waals surface area contributed by atoms with E-state index in [2.05, 4.69) is 56.8 Å². The van der Waals surface area contributed by atoms with Crippen LogP contribution in [0.3, 0.4) is 0 Å². The Morgan fingerprint density at radius 2 is 2.07 bits per heavy atom. The molecule has 0 unspecified atom stereocenters. The third kappa shape index (κ3) is 2.75. The summed E-state index contributed by atoms with van der Waals surface area (Å²) in [5, 5.41) is 0.976. The maximum absolute atomic E-state index is 4.15.